The fourth-order valence-corrected chi connectivity index (χ4v) is 3.47. The molecule has 1 atom stereocenters. The van der Waals surface area contributed by atoms with Gasteiger partial charge in [0.05, 0.1) is 6.54 Å². The molecule has 1 saturated heterocycles. The van der Waals surface area contributed by atoms with Gasteiger partial charge >= 0.3 is 0 Å². The molecule has 0 spiro atoms. The zero-order valence-corrected chi connectivity index (χ0v) is 11.4. The summed E-state index contributed by atoms with van der Waals surface area (Å²) in [5.41, 5.74) is 1.61. The van der Waals surface area contributed by atoms with Gasteiger partial charge in [0, 0.05) is 24.1 Å². The Kier molecular flexibility index (Phi) is 4.75. The number of amides is 1. The van der Waals surface area contributed by atoms with Gasteiger partial charge in [-0.1, -0.05) is 18.3 Å². The Bertz CT molecular complexity index is 357. The molecule has 1 fully saturated rings. The van der Waals surface area contributed by atoms with Crippen LogP contribution in [0, 0.1) is 0 Å². The number of hydrogen-bond donors (Lipinski definition) is 1. The van der Waals surface area contributed by atoms with Crippen molar-refractivity contribution in [3.63, 3.8) is 0 Å². The van der Waals surface area contributed by atoms with Crippen molar-refractivity contribution in [2.24, 2.45) is 0 Å². The Morgan fingerprint density at radius 1 is 1.71 bits per heavy atom. The summed E-state index contributed by atoms with van der Waals surface area (Å²) in [7, 11) is 0. The van der Waals surface area contributed by atoms with Crippen molar-refractivity contribution in [1.29, 1.82) is 0 Å². The van der Waals surface area contributed by atoms with Crippen molar-refractivity contribution in [3.8, 4) is 0 Å². The largest absolute Gasteiger partial charge is 0.299 e. The SMILES string of the molecule is CC[C@H]1CN(CC(=O)Nc2nncs2)CCS1. The Labute approximate surface area is 109 Å². The van der Waals surface area contributed by atoms with Crippen molar-refractivity contribution in [1.82, 2.24) is 15.1 Å². The van der Waals surface area contributed by atoms with E-state index in [1.54, 1.807) is 5.51 Å². The first kappa shape index (κ1) is 12.8. The van der Waals surface area contributed by atoms with Gasteiger partial charge in [-0.25, -0.2) is 0 Å². The van der Waals surface area contributed by atoms with Crippen molar-refractivity contribution >= 4 is 34.1 Å². The highest BCUT2D eigenvalue weighted by Gasteiger charge is 2.20. The molecule has 1 aliphatic heterocycles. The van der Waals surface area contributed by atoms with Crippen molar-refractivity contribution in [3.05, 3.63) is 5.51 Å². The zero-order valence-electron chi connectivity index (χ0n) is 9.76. The maximum absolute atomic E-state index is 11.8. The van der Waals surface area contributed by atoms with E-state index in [9.17, 15) is 4.79 Å². The Balaban J connectivity index is 1.78. The molecule has 0 aromatic carbocycles. The fourth-order valence-electron chi connectivity index (χ4n) is 1.76. The van der Waals surface area contributed by atoms with Crippen LogP contribution in [0.1, 0.15) is 13.3 Å². The first-order valence-electron chi connectivity index (χ1n) is 5.68. The summed E-state index contributed by atoms with van der Waals surface area (Å²) in [4.78, 5) is 14.0. The first-order valence-corrected chi connectivity index (χ1v) is 7.60. The standard InChI is InChI=1S/C10H16N4OS2/c1-2-8-5-14(3-4-16-8)6-9(15)12-10-13-11-7-17-10/h7-8H,2-6H2,1H3,(H,12,13,15)/t8-/m0/s1. The number of carbonyl (C=O) groups excluding carboxylic acids is 1. The molecular weight excluding hydrogens is 256 g/mol. The lowest BCUT2D eigenvalue weighted by Crippen LogP contribution is -2.42. The summed E-state index contributed by atoms with van der Waals surface area (Å²) >= 11 is 3.35. The summed E-state index contributed by atoms with van der Waals surface area (Å²) in [5.74, 6) is 1.12. The number of anilines is 1. The molecule has 2 rings (SSSR count). The molecule has 5 nitrogen and oxygen atoms in total. The maximum Gasteiger partial charge on any atom is 0.240 e. The molecule has 1 N–H and O–H groups in total. The highest BCUT2D eigenvalue weighted by Crippen LogP contribution is 2.20. The second-order valence-electron chi connectivity index (χ2n) is 3.93. The third kappa shape index (κ3) is 3.93. The summed E-state index contributed by atoms with van der Waals surface area (Å²) in [5, 5.41) is 11.5. The molecule has 1 aromatic rings. The third-order valence-corrected chi connectivity index (χ3v) is 4.63. The van der Waals surface area contributed by atoms with Gasteiger partial charge < -0.3 is 0 Å². The summed E-state index contributed by atoms with van der Waals surface area (Å²) < 4.78 is 0. The number of hydrogen-bond acceptors (Lipinski definition) is 6. The van der Waals surface area contributed by atoms with Crippen LogP contribution in [0.3, 0.4) is 0 Å². The van der Waals surface area contributed by atoms with Crippen LogP contribution in [0.2, 0.25) is 0 Å². The van der Waals surface area contributed by atoms with Crippen LogP contribution in [0.4, 0.5) is 5.13 Å². The minimum absolute atomic E-state index is 0.00324. The maximum atomic E-state index is 11.8. The van der Waals surface area contributed by atoms with E-state index < -0.39 is 0 Å². The van der Waals surface area contributed by atoms with E-state index in [-0.39, 0.29) is 5.91 Å². The molecule has 7 heteroatoms. The van der Waals surface area contributed by atoms with Crippen LogP contribution in [0.5, 0.6) is 0 Å². The van der Waals surface area contributed by atoms with Gasteiger partial charge in [-0.15, -0.1) is 10.2 Å². The monoisotopic (exact) mass is 272 g/mol. The van der Waals surface area contributed by atoms with E-state index in [4.69, 9.17) is 0 Å². The summed E-state index contributed by atoms with van der Waals surface area (Å²) in [6.45, 7) is 4.65. The summed E-state index contributed by atoms with van der Waals surface area (Å²) in [6.07, 6.45) is 1.17. The molecule has 2 heterocycles. The minimum Gasteiger partial charge on any atom is -0.299 e. The predicted octanol–water partition coefficient (Wildman–Crippen LogP) is 1.30. The number of aromatic nitrogens is 2. The smallest absolute Gasteiger partial charge is 0.240 e. The van der Waals surface area contributed by atoms with E-state index in [1.807, 2.05) is 11.8 Å². The first-order chi connectivity index (χ1) is 8.28. The average molecular weight is 272 g/mol. The molecule has 0 unspecified atom stereocenters. The van der Waals surface area contributed by atoms with Gasteiger partial charge in [-0.2, -0.15) is 11.8 Å². The number of nitrogens with one attached hydrogen (secondary N) is 1. The lowest BCUT2D eigenvalue weighted by molar-refractivity contribution is -0.117. The molecule has 1 amide bonds. The molecule has 0 radical (unpaired) electrons. The normalized spacial score (nSPS) is 21.4. The van der Waals surface area contributed by atoms with E-state index >= 15 is 0 Å². The van der Waals surface area contributed by atoms with Gasteiger partial charge in [-0.3, -0.25) is 15.0 Å². The second kappa shape index (κ2) is 6.32. The zero-order chi connectivity index (χ0) is 12.1. The molecule has 1 aromatic heterocycles. The number of nitrogens with zero attached hydrogens (tertiary/aromatic N) is 3. The highest BCUT2D eigenvalue weighted by molar-refractivity contribution is 8.00. The van der Waals surface area contributed by atoms with E-state index in [2.05, 4.69) is 27.3 Å². The van der Waals surface area contributed by atoms with Crippen molar-refractivity contribution in [2.45, 2.75) is 18.6 Å². The topological polar surface area (TPSA) is 58.1 Å². The van der Waals surface area contributed by atoms with Crippen LogP contribution in [-0.4, -0.2) is 51.6 Å². The van der Waals surface area contributed by atoms with E-state index in [0.29, 0.717) is 16.9 Å². The van der Waals surface area contributed by atoms with Crippen molar-refractivity contribution in [2.75, 3.05) is 30.7 Å². The quantitative estimate of drug-likeness (QED) is 0.895. The molecule has 0 aliphatic carbocycles. The molecule has 17 heavy (non-hydrogen) atoms. The van der Waals surface area contributed by atoms with Crippen LogP contribution < -0.4 is 5.32 Å². The Hall–Kier alpha value is -0.660. The number of rotatable bonds is 4. The summed E-state index contributed by atoms with van der Waals surface area (Å²) in [6, 6.07) is 0. The van der Waals surface area contributed by atoms with Gasteiger partial charge in [0.25, 0.3) is 0 Å². The molecule has 94 valence electrons. The third-order valence-electron chi connectivity index (χ3n) is 2.65. The predicted molar refractivity (Wildman–Crippen MR) is 71.5 cm³/mol. The molecule has 0 saturated carbocycles. The van der Waals surface area contributed by atoms with Gasteiger partial charge in [0.15, 0.2) is 0 Å². The lowest BCUT2D eigenvalue weighted by atomic mass is 10.3. The highest BCUT2D eigenvalue weighted by atomic mass is 32.2. The van der Waals surface area contributed by atoms with E-state index in [1.165, 1.54) is 17.8 Å². The fraction of sp³-hybridized carbons (Fsp3) is 0.700. The van der Waals surface area contributed by atoms with Crippen LogP contribution in [0.25, 0.3) is 0 Å². The van der Waals surface area contributed by atoms with Crippen LogP contribution >= 0.6 is 23.1 Å². The minimum atomic E-state index is 0.00324. The molecular formula is C10H16N4OS2. The van der Waals surface area contributed by atoms with Gasteiger partial charge in [0.1, 0.15) is 5.51 Å². The lowest BCUT2D eigenvalue weighted by Gasteiger charge is -2.31. The van der Waals surface area contributed by atoms with Gasteiger partial charge in [0.2, 0.25) is 11.0 Å². The molecule has 1 aliphatic rings. The van der Waals surface area contributed by atoms with Crippen molar-refractivity contribution < 1.29 is 4.79 Å². The average Bonchev–Trinajstić information content (AvgIpc) is 2.82. The number of thioether (sulfide) groups is 1. The second-order valence-corrected chi connectivity index (χ2v) is 6.17. The molecule has 0 bridgehead atoms. The van der Waals surface area contributed by atoms with Crippen LogP contribution in [-0.2, 0) is 4.79 Å². The van der Waals surface area contributed by atoms with Gasteiger partial charge in [-0.05, 0) is 6.42 Å². The number of carbonyl (C=O) groups is 1. The Morgan fingerprint density at radius 2 is 2.59 bits per heavy atom. The van der Waals surface area contributed by atoms with Crippen LogP contribution in [0.15, 0.2) is 5.51 Å². The van der Waals surface area contributed by atoms with E-state index in [0.717, 1.165) is 18.8 Å². The Morgan fingerprint density at radius 3 is 3.29 bits per heavy atom.